The first-order valence-corrected chi connectivity index (χ1v) is 11.6. The minimum Gasteiger partial charge on any atom is -0.454 e. The van der Waals surface area contributed by atoms with Crippen molar-refractivity contribution in [1.29, 1.82) is 0 Å². The fourth-order valence-corrected chi connectivity index (χ4v) is 5.32. The normalized spacial score (nSPS) is 21.4. The Hall–Kier alpha value is -3.64. The summed E-state index contributed by atoms with van der Waals surface area (Å²) in [6.45, 7) is 4.09. The summed E-state index contributed by atoms with van der Waals surface area (Å²) in [5.74, 6) is -2.57. The molecule has 4 N–H and O–H groups in total. The number of hydrogen-bond acceptors (Lipinski definition) is 5. The number of carbonyl (C=O) groups excluding carboxylic acids is 2. The Labute approximate surface area is 218 Å². The van der Waals surface area contributed by atoms with E-state index in [0.717, 1.165) is 16.3 Å². The molecular formula is C29H24FeN2O4. The third-order valence-corrected chi connectivity index (χ3v) is 7.18. The summed E-state index contributed by atoms with van der Waals surface area (Å²) >= 11 is 0. The maximum Gasteiger partial charge on any atom is 0.271 e. The smallest absolute Gasteiger partial charge is 0.271 e. The number of Topliss-reactive ketones (excluding diaryl/α,β-unsaturated/α-hetero) is 1. The van der Waals surface area contributed by atoms with Crippen LogP contribution in [-0.4, -0.2) is 16.8 Å². The molecule has 6 nitrogen and oxygen atoms in total. The van der Waals surface area contributed by atoms with Gasteiger partial charge in [-0.15, -0.1) is 0 Å². The minimum absolute atomic E-state index is 0. The SMILES string of the molecule is CC(C)c1ccc2c(c1)OC1(O)c3cccc(N)c3C(=O)C21NC(=O)c1ccc2ccccc2c1.[Fe]. The molecule has 0 spiro atoms. The fourth-order valence-electron chi connectivity index (χ4n) is 5.32. The van der Waals surface area contributed by atoms with Crippen LogP contribution in [0.3, 0.4) is 0 Å². The first-order valence-electron chi connectivity index (χ1n) is 11.6. The van der Waals surface area contributed by atoms with Gasteiger partial charge in [0.1, 0.15) is 5.75 Å². The van der Waals surface area contributed by atoms with Crippen LogP contribution in [0.1, 0.15) is 57.2 Å². The number of nitrogen functional groups attached to an aromatic ring is 1. The maximum absolute atomic E-state index is 14.1. The van der Waals surface area contributed by atoms with E-state index in [1.54, 1.807) is 36.4 Å². The fraction of sp³-hybridized carbons (Fsp3) is 0.172. The van der Waals surface area contributed by atoms with Gasteiger partial charge in [-0.3, -0.25) is 9.59 Å². The molecule has 0 saturated carbocycles. The molecule has 1 aliphatic heterocycles. The van der Waals surface area contributed by atoms with Crippen molar-refractivity contribution in [1.82, 2.24) is 5.32 Å². The summed E-state index contributed by atoms with van der Waals surface area (Å²) in [5, 5.41) is 16.8. The van der Waals surface area contributed by atoms with Crippen LogP contribution in [0.5, 0.6) is 5.75 Å². The van der Waals surface area contributed by atoms with Gasteiger partial charge in [-0.25, -0.2) is 0 Å². The van der Waals surface area contributed by atoms with E-state index in [9.17, 15) is 14.7 Å². The van der Waals surface area contributed by atoms with E-state index < -0.39 is 23.0 Å². The number of hydrogen-bond donors (Lipinski definition) is 3. The Bertz CT molecular complexity index is 1570. The Kier molecular flexibility index (Phi) is 5.49. The molecule has 1 aliphatic carbocycles. The van der Waals surface area contributed by atoms with E-state index in [-0.39, 0.29) is 39.8 Å². The number of carbonyl (C=O) groups is 2. The number of ketones is 1. The van der Waals surface area contributed by atoms with Crippen LogP contribution in [0, 0.1) is 0 Å². The van der Waals surface area contributed by atoms with Crippen LogP contribution in [-0.2, 0) is 28.4 Å². The zero-order valence-corrected chi connectivity index (χ0v) is 20.8. The number of ether oxygens (including phenoxy) is 1. The maximum atomic E-state index is 14.1. The van der Waals surface area contributed by atoms with E-state index in [2.05, 4.69) is 5.32 Å². The van der Waals surface area contributed by atoms with Gasteiger partial charge in [-0.1, -0.05) is 68.4 Å². The van der Waals surface area contributed by atoms with Crippen LogP contribution in [0.15, 0.2) is 78.9 Å². The van der Waals surface area contributed by atoms with Gasteiger partial charge in [-0.2, -0.15) is 0 Å². The second kappa shape index (κ2) is 8.20. The summed E-state index contributed by atoms with van der Waals surface area (Å²) in [5.41, 5.74) is 6.67. The van der Waals surface area contributed by atoms with Gasteiger partial charge in [0.25, 0.3) is 11.7 Å². The summed E-state index contributed by atoms with van der Waals surface area (Å²) in [6, 6.07) is 23.4. The number of benzene rings is 4. The molecule has 1 heterocycles. The molecule has 0 fully saturated rings. The summed E-state index contributed by atoms with van der Waals surface area (Å²) in [6.07, 6.45) is 0. The molecule has 0 radical (unpaired) electrons. The Morgan fingerprint density at radius 2 is 1.69 bits per heavy atom. The molecule has 0 saturated heterocycles. The third kappa shape index (κ3) is 3.07. The Balaban J connectivity index is 0.00000267. The molecule has 2 aliphatic rings. The zero-order valence-electron chi connectivity index (χ0n) is 19.7. The summed E-state index contributed by atoms with van der Waals surface area (Å²) in [4.78, 5) is 27.7. The number of rotatable bonds is 3. The average molecular weight is 520 g/mol. The van der Waals surface area contributed by atoms with Crippen molar-refractivity contribution in [3.8, 4) is 5.75 Å². The summed E-state index contributed by atoms with van der Waals surface area (Å²) < 4.78 is 6.14. The number of aliphatic hydroxyl groups is 1. The number of nitrogens with one attached hydrogen (secondary N) is 1. The second-order valence-corrected chi connectivity index (χ2v) is 9.52. The molecule has 2 unspecified atom stereocenters. The number of amides is 1. The molecule has 4 aromatic carbocycles. The van der Waals surface area contributed by atoms with Gasteiger partial charge in [0.2, 0.25) is 11.3 Å². The molecule has 0 aromatic heterocycles. The summed E-state index contributed by atoms with van der Waals surface area (Å²) in [7, 11) is 0. The van der Waals surface area contributed by atoms with Crippen molar-refractivity contribution in [2.75, 3.05) is 5.73 Å². The van der Waals surface area contributed by atoms with Gasteiger partial charge in [-0.05, 0) is 46.5 Å². The predicted molar refractivity (Wildman–Crippen MR) is 133 cm³/mol. The molecule has 4 aromatic rings. The van der Waals surface area contributed by atoms with Crippen molar-refractivity contribution >= 4 is 28.2 Å². The number of fused-ring (bicyclic) bond motifs is 6. The standard InChI is InChI=1S/C29H24N2O4.Fe/c1-16(2)18-12-13-21-24(15-18)35-29(34)22-8-5-9-23(30)25(22)26(32)28(21,29)31-27(33)20-11-10-17-6-3-4-7-19(17)14-20;/h3-16,34H,30H2,1-2H3,(H,31,33);. The van der Waals surface area contributed by atoms with E-state index >= 15 is 0 Å². The Morgan fingerprint density at radius 1 is 0.944 bits per heavy atom. The predicted octanol–water partition coefficient (Wildman–Crippen LogP) is 4.60. The largest absolute Gasteiger partial charge is 0.454 e. The van der Waals surface area contributed by atoms with Crippen molar-refractivity contribution in [3.05, 3.63) is 107 Å². The molecule has 1 amide bonds. The van der Waals surface area contributed by atoms with Crippen molar-refractivity contribution in [3.63, 3.8) is 0 Å². The number of nitrogens with two attached hydrogens (primary N) is 1. The monoisotopic (exact) mass is 520 g/mol. The molecule has 36 heavy (non-hydrogen) atoms. The van der Waals surface area contributed by atoms with Gasteiger partial charge < -0.3 is 20.9 Å². The van der Waals surface area contributed by atoms with E-state index in [1.807, 2.05) is 56.3 Å². The van der Waals surface area contributed by atoms with Crippen LogP contribution >= 0.6 is 0 Å². The Morgan fingerprint density at radius 3 is 2.44 bits per heavy atom. The van der Waals surface area contributed by atoms with Gasteiger partial charge in [0.05, 0.1) is 5.56 Å². The van der Waals surface area contributed by atoms with Crippen LogP contribution in [0.25, 0.3) is 10.8 Å². The molecule has 7 heteroatoms. The van der Waals surface area contributed by atoms with E-state index in [4.69, 9.17) is 10.5 Å². The van der Waals surface area contributed by atoms with Crippen LogP contribution in [0.2, 0.25) is 0 Å². The van der Waals surface area contributed by atoms with Crippen LogP contribution in [0.4, 0.5) is 5.69 Å². The van der Waals surface area contributed by atoms with Crippen molar-refractivity contribution in [2.24, 2.45) is 0 Å². The second-order valence-electron chi connectivity index (χ2n) is 9.52. The third-order valence-electron chi connectivity index (χ3n) is 7.18. The van der Waals surface area contributed by atoms with Crippen molar-refractivity contribution in [2.45, 2.75) is 31.1 Å². The van der Waals surface area contributed by atoms with Crippen molar-refractivity contribution < 1.29 is 36.5 Å². The topological polar surface area (TPSA) is 102 Å². The molecular weight excluding hydrogens is 496 g/mol. The molecule has 0 bridgehead atoms. The van der Waals surface area contributed by atoms with E-state index in [1.165, 1.54) is 0 Å². The number of anilines is 1. The zero-order chi connectivity index (χ0) is 24.5. The first-order chi connectivity index (χ1) is 16.8. The van der Waals surface area contributed by atoms with Gasteiger partial charge >= 0.3 is 0 Å². The van der Waals surface area contributed by atoms with Gasteiger partial charge in [0.15, 0.2) is 0 Å². The molecule has 6 rings (SSSR count). The van der Waals surface area contributed by atoms with E-state index in [0.29, 0.717) is 16.9 Å². The molecule has 182 valence electrons. The van der Waals surface area contributed by atoms with Gasteiger partial charge in [0, 0.05) is 39.4 Å². The average Bonchev–Trinajstić information content (AvgIpc) is 3.21. The molecule has 2 atom stereocenters. The quantitative estimate of drug-likeness (QED) is 0.271. The van der Waals surface area contributed by atoms with Crippen LogP contribution < -0.4 is 15.8 Å². The minimum atomic E-state index is -2.14. The first kappa shape index (κ1) is 24.1.